The normalized spacial score (nSPS) is 15.5. The van der Waals surface area contributed by atoms with Crippen LogP contribution in [0.4, 0.5) is 4.32 Å². The van der Waals surface area contributed by atoms with Crippen molar-refractivity contribution in [1.82, 2.24) is 4.48 Å². The SMILES string of the molecule is CCOc1ccc(/C=C/c2cc(C)c3n2[B-](F)[N+]2=CC=CC2=C3CCN)c(OCC)c1. The van der Waals surface area contributed by atoms with Crippen molar-refractivity contribution < 1.29 is 18.3 Å². The van der Waals surface area contributed by atoms with Gasteiger partial charge in [-0.2, -0.15) is 0 Å². The van der Waals surface area contributed by atoms with Crippen LogP contribution in [-0.2, 0) is 0 Å². The van der Waals surface area contributed by atoms with Gasteiger partial charge in [-0.15, -0.1) is 0 Å². The molecule has 0 unspecified atom stereocenters. The lowest BCUT2D eigenvalue weighted by atomic mass is 9.91. The van der Waals surface area contributed by atoms with E-state index >= 15 is 4.32 Å². The Bertz CT molecular complexity index is 1110. The highest BCUT2D eigenvalue weighted by Crippen LogP contribution is 2.36. The number of nitrogens with two attached hydrogens (primary N) is 1. The molecule has 0 saturated carbocycles. The van der Waals surface area contributed by atoms with Crippen LogP contribution in [0.1, 0.15) is 42.8 Å². The Morgan fingerprint density at radius 2 is 1.97 bits per heavy atom. The second-order valence-electron chi connectivity index (χ2n) is 7.50. The van der Waals surface area contributed by atoms with Crippen LogP contribution in [0.15, 0.2) is 42.1 Å². The Kier molecular flexibility index (Phi) is 6.14. The highest BCUT2D eigenvalue weighted by Gasteiger charge is 2.34. The van der Waals surface area contributed by atoms with Crippen LogP contribution in [-0.4, -0.2) is 42.2 Å². The monoisotopic (exact) mass is 420 g/mol. The van der Waals surface area contributed by atoms with Gasteiger partial charge in [-0.1, -0.05) is 0 Å². The van der Waals surface area contributed by atoms with Gasteiger partial charge in [-0.05, 0) is 69.7 Å². The van der Waals surface area contributed by atoms with Crippen LogP contribution < -0.4 is 15.2 Å². The maximum Gasteiger partial charge on any atom is 0.533 e. The molecule has 2 aliphatic heterocycles. The van der Waals surface area contributed by atoms with E-state index in [9.17, 15) is 0 Å². The van der Waals surface area contributed by atoms with Crippen LogP contribution in [0.3, 0.4) is 0 Å². The van der Waals surface area contributed by atoms with E-state index in [0.29, 0.717) is 26.2 Å². The van der Waals surface area contributed by atoms with Gasteiger partial charge < -0.3 is 28.5 Å². The van der Waals surface area contributed by atoms with Gasteiger partial charge in [-0.25, -0.2) is 0 Å². The van der Waals surface area contributed by atoms with Crippen LogP contribution in [0.25, 0.3) is 17.7 Å². The second-order valence-corrected chi connectivity index (χ2v) is 7.50. The smallest absolute Gasteiger partial charge is 0.494 e. The highest BCUT2D eigenvalue weighted by molar-refractivity contribution is 6.43. The summed E-state index contributed by atoms with van der Waals surface area (Å²) in [6.07, 6.45) is 10.2. The molecule has 4 rings (SSSR count). The number of halogens is 1. The van der Waals surface area contributed by atoms with Gasteiger partial charge in [0.05, 0.1) is 13.2 Å². The molecule has 7 heteroatoms. The molecule has 2 N–H and O–H groups in total. The van der Waals surface area contributed by atoms with Gasteiger partial charge in [-0.3, -0.25) is 0 Å². The number of rotatable bonds is 8. The molecule has 0 aliphatic carbocycles. The summed E-state index contributed by atoms with van der Waals surface area (Å²) in [7, 11) is -1.30. The molecule has 0 bridgehead atoms. The summed E-state index contributed by atoms with van der Waals surface area (Å²) in [6, 6.07) is 7.79. The molecule has 2 aromatic rings. The number of nitrogens with zero attached hydrogens (tertiary/aromatic N) is 2. The molecular formula is C24H28BFN3O2. The van der Waals surface area contributed by atoms with E-state index in [1.807, 2.05) is 69.3 Å². The van der Waals surface area contributed by atoms with Crippen LogP contribution in [0, 0.1) is 6.92 Å². The van der Waals surface area contributed by atoms with Gasteiger partial charge in [0.1, 0.15) is 17.7 Å². The quantitative estimate of drug-likeness (QED) is 0.649. The lowest BCUT2D eigenvalue weighted by Gasteiger charge is -2.30. The number of fused-ring (bicyclic) bond motifs is 2. The summed E-state index contributed by atoms with van der Waals surface area (Å²) in [6.45, 7) is 7.58. The molecule has 3 heterocycles. The fourth-order valence-corrected chi connectivity index (χ4v) is 4.26. The zero-order valence-corrected chi connectivity index (χ0v) is 18.3. The number of aryl methyl sites for hydroxylation is 1. The van der Waals surface area contributed by atoms with Gasteiger partial charge in [0.15, 0.2) is 5.70 Å². The van der Waals surface area contributed by atoms with Gasteiger partial charge in [0.25, 0.3) is 0 Å². The lowest BCUT2D eigenvalue weighted by Crippen LogP contribution is -2.39. The van der Waals surface area contributed by atoms with Gasteiger partial charge >= 0.3 is 7.26 Å². The lowest BCUT2D eigenvalue weighted by molar-refractivity contribution is -0.329. The Labute approximate surface area is 183 Å². The number of aromatic nitrogens is 1. The Hall–Kier alpha value is -3.06. The molecule has 0 amide bonds. The third kappa shape index (κ3) is 3.86. The van der Waals surface area contributed by atoms with Crippen molar-refractivity contribution in [2.24, 2.45) is 5.73 Å². The standard InChI is InChI=1S/C24H28BFN3O2/c1-4-30-20-11-9-18(23(16-20)31-5-2)8-10-19-15-17(3)24-21(12-13-27)22-7-6-14-28(22)25(26)29(19)24/h6-11,14-16H,4-5,12-13,27H2,1-3H3/b10-8+. The summed E-state index contributed by atoms with van der Waals surface area (Å²) in [5.74, 6) is 1.51. The molecule has 0 saturated heterocycles. The minimum atomic E-state index is -1.30. The van der Waals surface area contributed by atoms with Crippen molar-refractivity contribution in [3.8, 4) is 11.5 Å². The largest absolute Gasteiger partial charge is 0.533 e. The highest BCUT2D eigenvalue weighted by atomic mass is 19.1. The number of hydrogen-bond donors (Lipinski definition) is 1. The Balaban J connectivity index is 1.75. The van der Waals surface area contributed by atoms with Crippen LogP contribution in [0.5, 0.6) is 11.5 Å². The number of ether oxygens (including phenoxy) is 2. The minimum absolute atomic E-state index is 0.511. The summed E-state index contributed by atoms with van der Waals surface area (Å²) in [4.78, 5) is 0. The summed E-state index contributed by atoms with van der Waals surface area (Å²) < 4.78 is 30.4. The first-order chi connectivity index (χ1) is 15.1. The van der Waals surface area contributed by atoms with Gasteiger partial charge in [0, 0.05) is 40.7 Å². The van der Waals surface area contributed by atoms with E-state index in [4.69, 9.17) is 15.2 Å². The third-order valence-electron chi connectivity index (χ3n) is 5.50. The van der Waals surface area contributed by atoms with Crippen molar-refractivity contribution >= 4 is 31.2 Å². The van der Waals surface area contributed by atoms with Crippen molar-refractivity contribution in [3.05, 3.63) is 64.6 Å². The molecule has 1 aromatic heterocycles. The Morgan fingerprint density at radius 1 is 1.16 bits per heavy atom. The van der Waals surface area contributed by atoms with Crippen molar-refractivity contribution in [3.63, 3.8) is 0 Å². The van der Waals surface area contributed by atoms with E-state index in [1.54, 1.807) is 15.2 Å². The first-order valence-corrected chi connectivity index (χ1v) is 10.8. The molecule has 0 fully saturated rings. The minimum Gasteiger partial charge on any atom is -0.494 e. The molecule has 0 atom stereocenters. The van der Waals surface area contributed by atoms with E-state index < -0.39 is 7.26 Å². The molecule has 1 aromatic carbocycles. The topological polar surface area (TPSA) is 52.4 Å². The number of allylic oxidation sites excluding steroid dienone is 2. The molecule has 1 radical (unpaired) electrons. The molecule has 0 spiro atoms. The zero-order valence-electron chi connectivity index (χ0n) is 18.3. The number of benzene rings is 1. The van der Waals surface area contributed by atoms with Gasteiger partial charge in [0.2, 0.25) is 0 Å². The maximum absolute atomic E-state index is 15.6. The first kappa shape index (κ1) is 21.2. The van der Waals surface area contributed by atoms with E-state index in [2.05, 4.69) is 0 Å². The first-order valence-electron chi connectivity index (χ1n) is 10.8. The summed E-state index contributed by atoms with van der Waals surface area (Å²) in [5, 5.41) is 0. The van der Waals surface area contributed by atoms with Crippen LogP contribution >= 0.6 is 0 Å². The van der Waals surface area contributed by atoms with Crippen LogP contribution in [0.2, 0.25) is 0 Å². The predicted molar refractivity (Wildman–Crippen MR) is 125 cm³/mol. The fraction of sp³-hybridized carbons (Fsp3) is 0.292. The number of hydrogen-bond acceptors (Lipinski definition) is 3. The predicted octanol–water partition coefficient (Wildman–Crippen LogP) is 4.29. The molecule has 5 nitrogen and oxygen atoms in total. The van der Waals surface area contributed by atoms with Crippen molar-refractivity contribution in [1.29, 1.82) is 0 Å². The average molecular weight is 420 g/mol. The molecule has 2 aliphatic rings. The summed E-state index contributed by atoms with van der Waals surface area (Å²) in [5.41, 5.74) is 11.5. The molecular weight excluding hydrogens is 392 g/mol. The average Bonchev–Trinajstić information content (AvgIpc) is 3.37. The third-order valence-corrected chi connectivity index (χ3v) is 5.50. The van der Waals surface area contributed by atoms with Crippen molar-refractivity contribution in [2.75, 3.05) is 19.8 Å². The van der Waals surface area contributed by atoms with E-state index in [-0.39, 0.29) is 0 Å². The fourth-order valence-electron chi connectivity index (χ4n) is 4.26. The van der Waals surface area contributed by atoms with E-state index in [0.717, 1.165) is 45.3 Å². The van der Waals surface area contributed by atoms with Crippen molar-refractivity contribution in [2.45, 2.75) is 27.2 Å². The zero-order chi connectivity index (χ0) is 22.0. The summed E-state index contributed by atoms with van der Waals surface area (Å²) >= 11 is 0. The maximum atomic E-state index is 15.6. The Morgan fingerprint density at radius 3 is 2.71 bits per heavy atom. The molecule has 31 heavy (non-hydrogen) atoms. The second kappa shape index (κ2) is 8.98. The molecule has 161 valence electrons. The van der Waals surface area contributed by atoms with E-state index in [1.165, 1.54) is 0 Å².